The Morgan fingerprint density at radius 3 is 2.64 bits per heavy atom. The summed E-state index contributed by atoms with van der Waals surface area (Å²) in [6.07, 6.45) is -2.16. The molecular weight excluding hydrogens is 377 g/mol. The van der Waals surface area contributed by atoms with E-state index in [4.69, 9.17) is 4.74 Å². The lowest BCUT2D eigenvalue weighted by molar-refractivity contribution is -0.146. The smallest absolute Gasteiger partial charge is 0.417 e. The summed E-state index contributed by atoms with van der Waals surface area (Å²) in [6.45, 7) is 1.41. The maximum atomic E-state index is 13.0. The van der Waals surface area contributed by atoms with Crippen LogP contribution in [0.25, 0.3) is 5.65 Å². The first-order valence-corrected chi connectivity index (χ1v) is 8.77. The van der Waals surface area contributed by atoms with E-state index in [0.717, 1.165) is 12.3 Å². The van der Waals surface area contributed by atoms with Crippen molar-refractivity contribution in [2.24, 2.45) is 10.9 Å². The number of guanidine groups is 1. The second-order valence-electron chi connectivity index (χ2n) is 6.45. The number of nitrogens with zero attached hydrogens (tertiary/aromatic N) is 5. The van der Waals surface area contributed by atoms with Gasteiger partial charge in [-0.05, 0) is 25.0 Å². The molecular formula is C17H21F3N6O2. The van der Waals surface area contributed by atoms with Crippen molar-refractivity contribution in [2.75, 3.05) is 27.2 Å². The van der Waals surface area contributed by atoms with E-state index in [1.54, 1.807) is 7.05 Å². The van der Waals surface area contributed by atoms with Crippen LogP contribution in [0, 0.1) is 5.92 Å². The van der Waals surface area contributed by atoms with Crippen molar-refractivity contribution in [3.63, 3.8) is 0 Å². The zero-order valence-corrected chi connectivity index (χ0v) is 15.5. The van der Waals surface area contributed by atoms with E-state index in [9.17, 15) is 18.0 Å². The second kappa shape index (κ2) is 8.03. The Morgan fingerprint density at radius 1 is 1.32 bits per heavy atom. The molecule has 8 nitrogen and oxygen atoms in total. The van der Waals surface area contributed by atoms with Crippen LogP contribution >= 0.6 is 0 Å². The van der Waals surface area contributed by atoms with Crippen molar-refractivity contribution >= 4 is 17.6 Å². The van der Waals surface area contributed by atoms with Gasteiger partial charge in [0.25, 0.3) is 0 Å². The first-order valence-electron chi connectivity index (χ1n) is 8.77. The number of nitrogens with one attached hydrogen (secondary N) is 1. The molecule has 3 heterocycles. The first-order chi connectivity index (χ1) is 13.3. The summed E-state index contributed by atoms with van der Waals surface area (Å²) >= 11 is 0. The van der Waals surface area contributed by atoms with Crippen LogP contribution in [0.5, 0.6) is 0 Å². The predicted octanol–water partition coefficient (Wildman–Crippen LogP) is 1.71. The number of carbonyl (C=O) groups is 1. The largest absolute Gasteiger partial charge is 0.469 e. The van der Waals surface area contributed by atoms with Gasteiger partial charge in [0, 0.05) is 26.3 Å². The number of piperidine rings is 1. The number of fused-ring (bicyclic) bond motifs is 1. The van der Waals surface area contributed by atoms with Crippen LogP contribution in [0.4, 0.5) is 13.2 Å². The van der Waals surface area contributed by atoms with Crippen molar-refractivity contribution < 1.29 is 22.7 Å². The molecule has 1 aliphatic heterocycles. The molecule has 1 saturated heterocycles. The van der Waals surface area contributed by atoms with Gasteiger partial charge < -0.3 is 15.0 Å². The van der Waals surface area contributed by atoms with Gasteiger partial charge in [-0.3, -0.25) is 14.2 Å². The monoisotopic (exact) mass is 398 g/mol. The Balaban J connectivity index is 1.67. The van der Waals surface area contributed by atoms with E-state index in [0.29, 0.717) is 43.4 Å². The minimum absolute atomic E-state index is 0.124. The normalized spacial score (nSPS) is 16.5. The number of methoxy groups -OCH3 is 1. The van der Waals surface area contributed by atoms with E-state index < -0.39 is 11.7 Å². The lowest BCUT2D eigenvalue weighted by Crippen LogP contribution is -2.46. The molecule has 152 valence electrons. The molecule has 0 unspecified atom stereocenters. The van der Waals surface area contributed by atoms with Crippen LogP contribution in [0.2, 0.25) is 0 Å². The Hall–Kier alpha value is -2.85. The fourth-order valence-electron chi connectivity index (χ4n) is 3.21. The number of esters is 1. The van der Waals surface area contributed by atoms with E-state index in [2.05, 4.69) is 20.5 Å². The standard InChI is InChI=1S/C17H21F3N6O2/c1-21-16(25-7-5-11(6-8-25)15(27)28-2)22-9-14-24-23-13-4-3-12(10-26(13)14)17(18,19)20/h3-4,10-11H,5-9H2,1-2H3,(H,21,22). The molecule has 0 spiro atoms. The maximum Gasteiger partial charge on any atom is 0.417 e. The number of likely N-dealkylation sites (tertiary alicyclic amines) is 1. The van der Waals surface area contributed by atoms with Gasteiger partial charge in [-0.2, -0.15) is 13.2 Å². The molecule has 0 amide bonds. The van der Waals surface area contributed by atoms with Crippen LogP contribution in [-0.2, 0) is 22.3 Å². The summed E-state index contributed by atoms with van der Waals surface area (Å²) in [4.78, 5) is 17.8. The maximum absolute atomic E-state index is 13.0. The van der Waals surface area contributed by atoms with Gasteiger partial charge in [0.05, 0.1) is 25.1 Å². The van der Waals surface area contributed by atoms with E-state index >= 15 is 0 Å². The van der Waals surface area contributed by atoms with E-state index in [-0.39, 0.29) is 18.4 Å². The fraction of sp³-hybridized carbons (Fsp3) is 0.529. The van der Waals surface area contributed by atoms with Gasteiger partial charge in [-0.15, -0.1) is 10.2 Å². The Kier molecular flexibility index (Phi) is 5.71. The van der Waals surface area contributed by atoms with Crippen molar-refractivity contribution in [1.29, 1.82) is 0 Å². The van der Waals surface area contributed by atoms with Gasteiger partial charge >= 0.3 is 12.1 Å². The molecule has 3 rings (SSSR count). The van der Waals surface area contributed by atoms with Crippen LogP contribution in [-0.4, -0.2) is 58.7 Å². The third-order valence-electron chi connectivity index (χ3n) is 4.75. The number of hydrogen-bond acceptors (Lipinski definition) is 5. The van der Waals surface area contributed by atoms with Crippen LogP contribution in [0.1, 0.15) is 24.2 Å². The number of aromatic nitrogens is 3. The number of aliphatic imine (C=N–C) groups is 1. The van der Waals surface area contributed by atoms with Crippen LogP contribution in [0.15, 0.2) is 23.3 Å². The SMILES string of the molecule is CN=C(NCc1nnc2ccc(C(F)(F)F)cn12)N1CCC(C(=O)OC)CC1. The highest BCUT2D eigenvalue weighted by Crippen LogP contribution is 2.29. The molecule has 11 heteroatoms. The highest BCUT2D eigenvalue weighted by Gasteiger charge is 2.31. The topological polar surface area (TPSA) is 84.1 Å². The van der Waals surface area contributed by atoms with Crippen LogP contribution < -0.4 is 5.32 Å². The zero-order chi connectivity index (χ0) is 20.3. The summed E-state index contributed by atoms with van der Waals surface area (Å²) in [5, 5.41) is 11.0. The summed E-state index contributed by atoms with van der Waals surface area (Å²) in [5.74, 6) is 0.595. The summed E-state index contributed by atoms with van der Waals surface area (Å²) in [6, 6.07) is 2.26. The zero-order valence-electron chi connectivity index (χ0n) is 15.5. The lowest BCUT2D eigenvalue weighted by atomic mass is 9.97. The van der Waals surface area contributed by atoms with Gasteiger partial charge in [0.1, 0.15) is 0 Å². The Bertz CT molecular complexity index is 871. The quantitative estimate of drug-likeness (QED) is 0.482. The predicted molar refractivity (Wildman–Crippen MR) is 94.5 cm³/mol. The highest BCUT2D eigenvalue weighted by molar-refractivity contribution is 5.80. The molecule has 0 radical (unpaired) electrons. The third kappa shape index (κ3) is 4.18. The number of alkyl halides is 3. The van der Waals surface area contributed by atoms with Crippen LogP contribution in [0.3, 0.4) is 0 Å². The fourth-order valence-corrected chi connectivity index (χ4v) is 3.21. The van der Waals surface area contributed by atoms with Crippen molar-refractivity contribution in [2.45, 2.75) is 25.6 Å². The molecule has 1 aliphatic rings. The van der Waals surface area contributed by atoms with Gasteiger partial charge in [0.15, 0.2) is 17.4 Å². The molecule has 0 aliphatic carbocycles. The summed E-state index contributed by atoms with van der Waals surface area (Å²) < 4.78 is 44.9. The van der Waals surface area contributed by atoms with Gasteiger partial charge in [-0.1, -0.05) is 0 Å². The molecule has 1 N–H and O–H groups in total. The minimum atomic E-state index is -4.44. The van der Waals surface area contributed by atoms with Crippen molar-refractivity contribution in [3.05, 3.63) is 29.7 Å². The molecule has 0 atom stereocenters. The number of halogens is 3. The summed E-state index contributed by atoms with van der Waals surface area (Å²) in [7, 11) is 3.00. The van der Waals surface area contributed by atoms with Crippen molar-refractivity contribution in [3.8, 4) is 0 Å². The van der Waals surface area contributed by atoms with Gasteiger partial charge in [0.2, 0.25) is 0 Å². The number of rotatable bonds is 3. The number of carbonyl (C=O) groups excluding carboxylic acids is 1. The summed E-state index contributed by atoms with van der Waals surface area (Å²) in [5.41, 5.74) is -0.436. The average molecular weight is 398 g/mol. The molecule has 0 bridgehead atoms. The molecule has 2 aromatic heterocycles. The number of pyridine rings is 1. The van der Waals surface area contributed by atoms with E-state index in [1.165, 1.54) is 17.6 Å². The second-order valence-corrected chi connectivity index (χ2v) is 6.45. The molecule has 1 fully saturated rings. The van der Waals surface area contributed by atoms with E-state index in [1.807, 2.05) is 4.90 Å². The molecule has 2 aromatic rings. The van der Waals surface area contributed by atoms with Crippen molar-refractivity contribution in [1.82, 2.24) is 24.8 Å². The number of hydrogen-bond donors (Lipinski definition) is 1. The Labute approximate surface area is 159 Å². The highest BCUT2D eigenvalue weighted by atomic mass is 19.4. The molecule has 28 heavy (non-hydrogen) atoms. The molecule has 0 aromatic carbocycles. The third-order valence-corrected chi connectivity index (χ3v) is 4.75. The first kappa shape index (κ1) is 19.9. The molecule has 0 saturated carbocycles. The Morgan fingerprint density at radius 2 is 2.04 bits per heavy atom. The minimum Gasteiger partial charge on any atom is -0.469 e. The van der Waals surface area contributed by atoms with Gasteiger partial charge in [-0.25, -0.2) is 0 Å². The average Bonchev–Trinajstić information content (AvgIpc) is 3.10. The lowest BCUT2D eigenvalue weighted by Gasteiger charge is -2.33. The number of ether oxygens (including phenoxy) is 1.